The molecule has 0 saturated heterocycles. The van der Waals surface area contributed by atoms with Crippen LogP contribution in [0, 0.1) is 0 Å². The first kappa shape index (κ1) is 21.2. The molecular weight excluding hydrogens is 360 g/mol. The summed E-state index contributed by atoms with van der Waals surface area (Å²) in [5.41, 5.74) is 0.934. The van der Waals surface area contributed by atoms with Gasteiger partial charge in [-0.2, -0.15) is 0 Å². The van der Waals surface area contributed by atoms with Gasteiger partial charge in [0.25, 0.3) is 0 Å². The van der Waals surface area contributed by atoms with E-state index in [9.17, 15) is 14.4 Å². The number of hydrogen-bond acceptors (Lipinski definition) is 6. The zero-order chi connectivity index (χ0) is 20.4. The molecule has 0 atom stereocenters. The molecular formula is C22H24O6. The lowest BCUT2D eigenvalue weighted by molar-refractivity contribution is -0.142. The molecule has 0 fully saturated rings. The van der Waals surface area contributed by atoms with Gasteiger partial charge in [0.2, 0.25) is 0 Å². The van der Waals surface area contributed by atoms with Gasteiger partial charge in [0.05, 0.1) is 19.6 Å². The molecule has 6 heteroatoms. The average molecular weight is 384 g/mol. The fourth-order valence-corrected chi connectivity index (χ4v) is 2.47. The van der Waals surface area contributed by atoms with Gasteiger partial charge in [-0.1, -0.05) is 0 Å². The lowest BCUT2D eigenvalue weighted by atomic mass is 10.1. The van der Waals surface area contributed by atoms with Crippen molar-refractivity contribution in [2.45, 2.75) is 26.7 Å². The van der Waals surface area contributed by atoms with Gasteiger partial charge in [0.1, 0.15) is 11.5 Å². The SMILES string of the molecule is CCOc1ccc(C(=O)CCC(=O)OCC(=O)c2ccc(OCC)cc2)cc1. The van der Waals surface area contributed by atoms with Gasteiger partial charge in [0, 0.05) is 17.5 Å². The summed E-state index contributed by atoms with van der Waals surface area (Å²) < 4.78 is 15.6. The summed E-state index contributed by atoms with van der Waals surface area (Å²) in [5, 5.41) is 0. The molecule has 0 aliphatic heterocycles. The van der Waals surface area contributed by atoms with E-state index >= 15 is 0 Å². The third-order valence-electron chi connectivity index (χ3n) is 3.90. The van der Waals surface area contributed by atoms with Gasteiger partial charge >= 0.3 is 5.97 Å². The summed E-state index contributed by atoms with van der Waals surface area (Å²) in [6.45, 7) is 4.49. The van der Waals surface area contributed by atoms with Crippen LogP contribution in [-0.4, -0.2) is 37.4 Å². The van der Waals surface area contributed by atoms with Crippen LogP contribution in [0.15, 0.2) is 48.5 Å². The number of rotatable bonds is 11. The number of carbonyl (C=O) groups is 3. The minimum atomic E-state index is -0.585. The van der Waals surface area contributed by atoms with Crippen molar-refractivity contribution in [2.24, 2.45) is 0 Å². The molecule has 2 aromatic carbocycles. The van der Waals surface area contributed by atoms with Crippen molar-refractivity contribution >= 4 is 17.5 Å². The minimum Gasteiger partial charge on any atom is -0.494 e. The molecule has 0 saturated carbocycles. The fourth-order valence-electron chi connectivity index (χ4n) is 2.47. The van der Waals surface area contributed by atoms with Crippen molar-refractivity contribution in [2.75, 3.05) is 19.8 Å². The molecule has 0 N–H and O–H groups in total. The van der Waals surface area contributed by atoms with E-state index in [1.165, 1.54) is 0 Å². The van der Waals surface area contributed by atoms with E-state index in [1.54, 1.807) is 48.5 Å². The maximum atomic E-state index is 12.1. The van der Waals surface area contributed by atoms with Crippen molar-refractivity contribution in [3.63, 3.8) is 0 Å². The van der Waals surface area contributed by atoms with Gasteiger partial charge in [-0.15, -0.1) is 0 Å². The predicted molar refractivity (Wildman–Crippen MR) is 104 cm³/mol. The number of benzene rings is 2. The Labute approximate surface area is 164 Å². The number of ketones is 2. The van der Waals surface area contributed by atoms with Crippen LogP contribution in [0.1, 0.15) is 47.4 Å². The third kappa shape index (κ3) is 6.54. The summed E-state index contributed by atoms with van der Waals surface area (Å²) >= 11 is 0. The van der Waals surface area contributed by atoms with E-state index in [1.807, 2.05) is 13.8 Å². The first-order valence-electron chi connectivity index (χ1n) is 9.21. The molecule has 0 aliphatic rings. The summed E-state index contributed by atoms with van der Waals surface area (Å²) in [4.78, 5) is 36.0. The van der Waals surface area contributed by atoms with Crippen molar-refractivity contribution in [3.05, 3.63) is 59.7 Å². The number of Topliss-reactive ketones (excluding diaryl/α,β-unsaturated/α-hetero) is 2. The number of ether oxygens (including phenoxy) is 3. The standard InChI is InChI=1S/C22H24O6/c1-3-26-18-9-5-16(6-10-18)20(23)13-14-22(25)28-15-21(24)17-7-11-19(12-8-17)27-4-2/h5-12H,3-4,13-15H2,1-2H3. The van der Waals surface area contributed by atoms with Crippen LogP contribution in [0.2, 0.25) is 0 Å². The highest BCUT2D eigenvalue weighted by molar-refractivity contribution is 5.99. The Bertz CT molecular complexity index is 725. The Morgan fingerprint density at radius 1 is 0.679 bits per heavy atom. The predicted octanol–water partition coefficient (Wildman–Crippen LogP) is 3.87. The Morgan fingerprint density at radius 2 is 1.14 bits per heavy atom. The van der Waals surface area contributed by atoms with E-state index in [-0.39, 0.29) is 31.0 Å². The Morgan fingerprint density at radius 3 is 1.61 bits per heavy atom. The van der Waals surface area contributed by atoms with Crippen LogP contribution < -0.4 is 9.47 Å². The van der Waals surface area contributed by atoms with Crippen LogP contribution >= 0.6 is 0 Å². The van der Waals surface area contributed by atoms with Crippen LogP contribution in [0.25, 0.3) is 0 Å². The number of esters is 1. The van der Waals surface area contributed by atoms with E-state index in [4.69, 9.17) is 14.2 Å². The van der Waals surface area contributed by atoms with Crippen LogP contribution in [0.4, 0.5) is 0 Å². The maximum absolute atomic E-state index is 12.1. The number of carbonyl (C=O) groups excluding carboxylic acids is 3. The monoisotopic (exact) mass is 384 g/mol. The summed E-state index contributed by atoms with van der Waals surface area (Å²) in [5.74, 6) is 0.292. The molecule has 0 amide bonds. The van der Waals surface area contributed by atoms with Gasteiger partial charge < -0.3 is 14.2 Å². The highest BCUT2D eigenvalue weighted by Gasteiger charge is 2.13. The molecule has 0 bridgehead atoms. The smallest absolute Gasteiger partial charge is 0.306 e. The van der Waals surface area contributed by atoms with Gasteiger partial charge in [-0.3, -0.25) is 14.4 Å². The van der Waals surface area contributed by atoms with E-state index in [0.29, 0.717) is 35.8 Å². The van der Waals surface area contributed by atoms with Crippen molar-refractivity contribution in [1.82, 2.24) is 0 Å². The first-order valence-corrected chi connectivity index (χ1v) is 9.21. The molecule has 6 nitrogen and oxygen atoms in total. The van der Waals surface area contributed by atoms with E-state index < -0.39 is 5.97 Å². The minimum absolute atomic E-state index is 0.0179. The van der Waals surface area contributed by atoms with E-state index in [0.717, 1.165) is 0 Å². The third-order valence-corrected chi connectivity index (χ3v) is 3.90. The van der Waals surface area contributed by atoms with Gasteiger partial charge in [-0.25, -0.2) is 0 Å². The second kappa shape index (κ2) is 10.9. The molecule has 0 aromatic heterocycles. The van der Waals surface area contributed by atoms with Gasteiger partial charge in [0.15, 0.2) is 18.2 Å². The molecule has 0 aliphatic carbocycles. The first-order chi connectivity index (χ1) is 13.5. The second-order valence-corrected chi connectivity index (χ2v) is 5.92. The average Bonchev–Trinajstić information content (AvgIpc) is 2.72. The molecule has 148 valence electrons. The Kier molecular flexibility index (Phi) is 8.21. The lowest BCUT2D eigenvalue weighted by Gasteiger charge is -2.06. The normalized spacial score (nSPS) is 10.2. The zero-order valence-electron chi connectivity index (χ0n) is 16.1. The van der Waals surface area contributed by atoms with Crippen LogP contribution in [0.3, 0.4) is 0 Å². The fraction of sp³-hybridized carbons (Fsp3) is 0.318. The Balaban J connectivity index is 1.75. The lowest BCUT2D eigenvalue weighted by Crippen LogP contribution is -2.15. The summed E-state index contributed by atoms with van der Waals surface area (Å²) in [7, 11) is 0. The maximum Gasteiger partial charge on any atom is 0.306 e. The molecule has 2 rings (SSSR count). The highest BCUT2D eigenvalue weighted by atomic mass is 16.5. The van der Waals surface area contributed by atoms with Crippen molar-refractivity contribution < 1.29 is 28.6 Å². The van der Waals surface area contributed by atoms with Crippen LogP contribution in [0.5, 0.6) is 11.5 Å². The molecule has 28 heavy (non-hydrogen) atoms. The van der Waals surface area contributed by atoms with Crippen molar-refractivity contribution in [3.8, 4) is 11.5 Å². The molecule has 0 radical (unpaired) electrons. The zero-order valence-corrected chi connectivity index (χ0v) is 16.1. The quantitative estimate of drug-likeness (QED) is 0.432. The second-order valence-electron chi connectivity index (χ2n) is 5.92. The topological polar surface area (TPSA) is 78.9 Å². The Hall–Kier alpha value is -3.15. The summed E-state index contributed by atoms with van der Waals surface area (Å²) in [6, 6.07) is 13.4. The van der Waals surface area contributed by atoms with Gasteiger partial charge in [-0.05, 0) is 62.4 Å². The number of hydrogen-bond donors (Lipinski definition) is 0. The van der Waals surface area contributed by atoms with E-state index in [2.05, 4.69) is 0 Å². The molecule has 0 spiro atoms. The highest BCUT2D eigenvalue weighted by Crippen LogP contribution is 2.15. The molecule has 0 unspecified atom stereocenters. The molecule has 2 aromatic rings. The van der Waals surface area contributed by atoms with Crippen molar-refractivity contribution in [1.29, 1.82) is 0 Å². The molecule has 0 heterocycles. The largest absolute Gasteiger partial charge is 0.494 e. The summed E-state index contributed by atoms with van der Waals surface area (Å²) in [6.07, 6.45) is -0.0628. The van der Waals surface area contributed by atoms with Crippen LogP contribution in [-0.2, 0) is 9.53 Å².